The van der Waals surface area contributed by atoms with Crippen LogP contribution < -0.4 is 10.6 Å². The van der Waals surface area contributed by atoms with Crippen molar-refractivity contribution in [3.63, 3.8) is 0 Å². The fourth-order valence-corrected chi connectivity index (χ4v) is 4.15. The van der Waals surface area contributed by atoms with E-state index in [-0.39, 0.29) is 17.7 Å². The third-order valence-corrected chi connectivity index (χ3v) is 6.07. The smallest absolute Gasteiger partial charge is 0.228 e. The number of anilines is 1. The van der Waals surface area contributed by atoms with Gasteiger partial charge in [-0.15, -0.1) is 0 Å². The van der Waals surface area contributed by atoms with Gasteiger partial charge in [0.15, 0.2) is 0 Å². The van der Waals surface area contributed by atoms with E-state index >= 15 is 0 Å². The number of hydrogen-bond acceptors (Lipinski definition) is 4. The number of hydrogen-bond donors (Lipinski definition) is 2. The zero-order chi connectivity index (χ0) is 19.2. The minimum absolute atomic E-state index is 0.0153. The summed E-state index contributed by atoms with van der Waals surface area (Å²) < 4.78 is 0. The number of carbonyl (C=O) groups excluding carboxylic acids is 2. The summed E-state index contributed by atoms with van der Waals surface area (Å²) in [6, 6.07) is 3.77. The van der Waals surface area contributed by atoms with Crippen molar-refractivity contribution in [1.29, 1.82) is 0 Å². The van der Waals surface area contributed by atoms with Crippen molar-refractivity contribution in [3.05, 3.63) is 23.9 Å². The van der Waals surface area contributed by atoms with Gasteiger partial charge in [0.25, 0.3) is 0 Å². The molecule has 0 radical (unpaired) electrons. The standard InChI is InChI=1S/C21H32N4O2/c1-15-3-4-19(23-14-15)24-21(27)18-7-11-25(12-8-18)20(26)13-16(2)17-5-9-22-10-6-17/h3-4,14,16-18,22H,5-13H2,1-2H3,(H,23,24,27). The second-order valence-electron chi connectivity index (χ2n) is 8.13. The first kappa shape index (κ1) is 19.8. The molecule has 27 heavy (non-hydrogen) atoms. The Labute approximate surface area is 162 Å². The molecule has 1 unspecified atom stereocenters. The summed E-state index contributed by atoms with van der Waals surface area (Å²) in [4.78, 5) is 31.3. The van der Waals surface area contributed by atoms with E-state index in [1.54, 1.807) is 6.20 Å². The first-order valence-corrected chi connectivity index (χ1v) is 10.2. The average molecular weight is 373 g/mol. The zero-order valence-corrected chi connectivity index (χ0v) is 16.5. The van der Waals surface area contributed by atoms with Gasteiger partial charge in [-0.2, -0.15) is 0 Å². The number of rotatable bonds is 5. The largest absolute Gasteiger partial charge is 0.343 e. The third-order valence-electron chi connectivity index (χ3n) is 6.07. The fraction of sp³-hybridized carbons (Fsp3) is 0.667. The molecule has 3 rings (SSSR count). The molecule has 6 heteroatoms. The molecule has 1 aromatic heterocycles. The van der Waals surface area contributed by atoms with Gasteiger partial charge in [-0.1, -0.05) is 13.0 Å². The SMILES string of the molecule is Cc1ccc(NC(=O)C2CCN(C(=O)CC(C)C3CCNCC3)CC2)nc1. The number of amides is 2. The zero-order valence-electron chi connectivity index (χ0n) is 16.5. The molecule has 6 nitrogen and oxygen atoms in total. The van der Waals surface area contributed by atoms with Gasteiger partial charge < -0.3 is 15.5 Å². The van der Waals surface area contributed by atoms with E-state index in [4.69, 9.17) is 0 Å². The van der Waals surface area contributed by atoms with Crippen LogP contribution in [0.3, 0.4) is 0 Å². The Balaban J connectivity index is 1.42. The molecule has 2 amide bonds. The molecule has 2 aliphatic heterocycles. The highest BCUT2D eigenvalue weighted by molar-refractivity contribution is 5.91. The van der Waals surface area contributed by atoms with Gasteiger partial charge >= 0.3 is 0 Å². The van der Waals surface area contributed by atoms with Crippen LogP contribution in [-0.4, -0.2) is 47.9 Å². The second kappa shape index (κ2) is 9.31. The number of likely N-dealkylation sites (tertiary alicyclic amines) is 1. The lowest BCUT2D eigenvalue weighted by Crippen LogP contribution is -2.42. The Morgan fingerprint density at radius 1 is 1.22 bits per heavy atom. The number of nitrogens with zero attached hydrogens (tertiary/aromatic N) is 2. The monoisotopic (exact) mass is 372 g/mol. The van der Waals surface area contributed by atoms with Crippen LogP contribution in [0.15, 0.2) is 18.3 Å². The van der Waals surface area contributed by atoms with E-state index in [1.807, 2.05) is 24.0 Å². The Bertz CT molecular complexity index is 632. The summed E-state index contributed by atoms with van der Waals surface area (Å²) in [5.74, 6) is 1.91. The highest BCUT2D eigenvalue weighted by Gasteiger charge is 2.29. The maximum atomic E-state index is 12.7. The number of piperidine rings is 2. The number of aryl methyl sites for hydroxylation is 1. The van der Waals surface area contributed by atoms with Crippen molar-refractivity contribution < 1.29 is 9.59 Å². The van der Waals surface area contributed by atoms with Crippen LogP contribution in [0, 0.1) is 24.7 Å². The summed E-state index contributed by atoms with van der Waals surface area (Å²) in [5.41, 5.74) is 1.07. The number of pyridine rings is 1. The van der Waals surface area contributed by atoms with E-state index < -0.39 is 0 Å². The second-order valence-corrected chi connectivity index (χ2v) is 8.13. The molecule has 2 fully saturated rings. The third kappa shape index (κ3) is 5.51. The normalized spacial score (nSPS) is 20.3. The maximum absolute atomic E-state index is 12.7. The predicted octanol–water partition coefficient (Wildman–Crippen LogP) is 2.59. The summed E-state index contributed by atoms with van der Waals surface area (Å²) in [6.45, 7) is 7.67. The van der Waals surface area contributed by atoms with Gasteiger partial charge in [-0.05, 0) is 69.2 Å². The van der Waals surface area contributed by atoms with E-state index in [1.165, 1.54) is 12.8 Å². The minimum Gasteiger partial charge on any atom is -0.343 e. The molecule has 148 valence electrons. The summed E-state index contributed by atoms with van der Waals surface area (Å²) in [6.07, 6.45) is 6.18. The van der Waals surface area contributed by atoms with E-state index in [0.29, 0.717) is 37.2 Å². The van der Waals surface area contributed by atoms with Crippen LogP contribution in [0.1, 0.15) is 44.6 Å². The average Bonchev–Trinajstić information content (AvgIpc) is 2.70. The molecule has 0 aliphatic carbocycles. The number of nitrogens with one attached hydrogen (secondary N) is 2. The Morgan fingerprint density at radius 3 is 2.56 bits per heavy atom. The van der Waals surface area contributed by atoms with Gasteiger partial charge in [-0.3, -0.25) is 9.59 Å². The molecule has 0 bridgehead atoms. The highest BCUT2D eigenvalue weighted by atomic mass is 16.2. The molecule has 0 aromatic carbocycles. The summed E-state index contributed by atoms with van der Waals surface area (Å²) >= 11 is 0. The first-order chi connectivity index (χ1) is 13.0. The van der Waals surface area contributed by atoms with Gasteiger partial charge in [0, 0.05) is 31.6 Å². The molecular formula is C21H32N4O2. The molecule has 0 spiro atoms. The van der Waals surface area contributed by atoms with Crippen molar-refractivity contribution in [3.8, 4) is 0 Å². The van der Waals surface area contributed by atoms with Crippen LogP contribution in [0.4, 0.5) is 5.82 Å². The fourth-order valence-electron chi connectivity index (χ4n) is 4.15. The summed E-state index contributed by atoms with van der Waals surface area (Å²) in [5, 5.41) is 6.28. The maximum Gasteiger partial charge on any atom is 0.228 e. The Morgan fingerprint density at radius 2 is 1.93 bits per heavy atom. The van der Waals surface area contributed by atoms with Crippen LogP contribution in [-0.2, 0) is 9.59 Å². The summed E-state index contributed by atoms with van der Waals surface area (Å²) in [7, 11) is 0. The van der Waals surface area contributed by atoms with Crippen molar-refractivity contribution in [2.75, 3.05) is 31.5 Å². The minimum atomic E-state index is -0.0426. The van der Waals surface area contributed by atoms with Crippen LogP contribution in [0.2, 0.25) is 0 Å². The molecule has 2 saturated heterocycles. The van der Waals surface area contributed by atoms with E-state index in [2.05, 4.69) is 22.5 Å². The van der Waals surface area contributed by atoms with Gasteiger partial charge in [-0.25, -0.2) is 4.98 Å². The van der Waals surface area contributed by atoms with Crippen molar-refractivity contribution in [2.24, 2.45) is 17.8 Å². The van der Waals surface area contributed by atoms with Crippen LogP contribution in [0.5, 0.6) is 0 Å². The quantitative estimate of drug-likeness (QED) is 0.833. The van der Waals surface area contributed by atoms with Gasteiger partial charge in [0.1, 0.15) is 5.82 Å². The molecule has 1 aromatic rings. The van der Waals surface area contributed by atoms with E-state index in [9.17, 15) is 9.59 Å². The Kier molecular flexibility index (Phi) is 6.83. The molecule has 1 atom stereocenters. The predicted molar refractivity (Wildman–Crippen MR) is 106 cm³/mol. The van der Waals surface area contributed by atoms with Gasteiger partial charge in [0.05, 0.1) is 0 Å². The molecule has 0 saturated carbocycles. The van der Waals surface area contributed by atoms with Crippen LogP contribution in [0.25, 0.3) is 0 Å². The number of carbonyl (C=O) groups is 2. The molecule has 2 N–H and O–H groups in total. The number of aromatic nitrogens is 1. The molecular weight excluding hydrogens is 340 g/mol. The lowest BCUT2D eigenvalue weighted by atomic mass is 9.83. The van der Waals surface area contributed by atoms with Crippen molar-refractivity contribution in [1.82, 2.24) is 15.2 Å². The first-order valence-electron chi connectivity index (χ1n) is 10.2. The van der Waals surface area contributed by atoms with E-state index in [0.717, 1.165) is 31.5 Å². The highest BCUT2D eigenvalue weighted by Crippen LogP contribution is 2.26. The topological polar surface area (TPSA) is 74.3 Å². The van der Waals surface area contributed by atoms with Crippen molar-refractivity contribution >= 4 is 17.6 Å². The lowest BCUT2D eigenvalue weighted by molar-refractivity contribution is -0.135. The molecule has 2 aliphatic rings. The van der Waals surface area contributed by atoms with Crippen LogP contribution >= 0.6 is 0 Å². The van der Waals surface area contributed by atoms with Crippen molar-refractivity contribution in [2.45, 2.75) is 46.0 Å². The lowest BCUT2D eigenvalue weighted by Gasteiger charge is -2.33. The Hall–Kier alpha value is -1.95. The molecule has 3 heterocycles. The van der Waals surface area contributed by atoms with Gasteiger partial charge in [0.2, 0.25) is 11.8 Å².